The molecule has 3 fully saturated rings. The Balaban J connectivity index is 1.81. The van der Waals surface area contributed by atoms with Gasteiger partial charge in [-0.1, -0.05) is 12.1 Å². The maximum Gasteiger partial charge on any atom is 0.254 e. The first-order valence-corrected chi connectivity index (χ1v) is 7.44. The predicted octanol–water partition coefficient (Wildman–Crippen LogP) is 2.66. The van der Waals surface area contributed by atoms with E-state index in [2.05, 4.69) is 0 Å². The largest absolute Gasteiger partial charge is 0.333 e. The third kappa shape index (κ3) is 1.81. The van der Waals surface area contributed by atoms with Crippen LogP contribution in [0.2, 0.25) is 0 Å². The summed E-state index contributed by atoms with van der Waals surface area (Å²) in [7, 11) is 0. The third-order valence-electron chi connectivity index (χ3n) is 4.55. The molecular weight excluding hydrogens is 272 g/mol. The van der Waals surface area contributed by atoms with Crippen molar-refractivity contribution in [2.75, 3.05) is 26.0 Å². The summed E-state index contributed by atoms with van der Waals surface area (Å²) in [6.07, 6.45) is -6.03. The van der Waals surface area contributed by atoms with Crippen molar-refractivity contribution >= 4 is 5.91 Å². The summed E-state index contributed by atoms with van der Waals surface area (Å²) in [4.78, 5) is 15.0. The minimum absolute atomic E-state index is 0.182. The van der Waals surface area contributed by atoms with Gasteiger partial charge in [-0.05, 0) is 68.1 Å². The molecule has 1 aromatic carbocycles. The lowest BCUT2D eigenvalue weighted by atomic mass is 9.75. The normalized spacial score (nSPS) is 60.5. The molecular formula is C19H24N2O. The lowest BCUT2D eigenvalue weighted by Gasteiger charge is -2.51. The van der Waals surface area contributed by atoms with Gasteiger partial charge in [0.15, 0.2) is 0 Å². The van der Waals surface area contributed by atoms with E-state index in [0.717, 1.165) is 0 Å². The summed E-state index contributed by atoms with van der Waals surface area (Å²) in [6, 6.07) is -4.23. The van der Waals surface area contributed by atoms with Gasteiger partial charge in [0.05, 0.1) is 6.85 Å². The molecule has 0 spiro atoms. The summed E-state index contributed by atoms with van der Waals surface area (Å²) in [5, 5.41) is 0. The van der Waals surface area contributed by atoms with Crippen LogP contribution < -0.4 is 0 Å². The fourth-order valence-corrected chi connectivity index (χ4v) is 3.46. The van der Waals surface area contributed by atoms with Crippen molar-refractivity contribution in [3.05, 3.63) is 34.8 Å². The fourth-order valence-electron chi connectivity index (χ4n) is 3.46. The summed E-state index contributed by atoms with van der Waals surface area (Å²) < 4.78 is 119. The third-order valence-corrected chi connectivity index (χ3v) is 4.55. The molecule has 6 rings (SSSR count). The van der Waals surface area contributed by atoms with Crippen LogP contribution in [0.3, 0.4) is 0 Å². The Morgan fingerprint density at radius 1 is 1.32 bits per heavy atom. The maximum atomic E-state index is 14.0. The molecule has 2 bridgehead atoms. The SMILES string of the molecule is [2H]c1c([2H])c2c3c(c1[2H])C([2H])([2H])CC[C@@H]3C([2H])([2H])N([C@@H]1C([2H])([2H])N3CC[C@]1([2H])C([2H])([2H])C3([2H])[2H])C2=O. The van der Waals surface area contributed by atoms with Gasteiger partial charge in [0.25, 0.3) is 5.91 Å². The number of nitrogens with zero attached hydrogens (tertiary/aromatic N) is 2. The van der Waals surface area contributed by atoms with Gasteiger partial charge in [0.2, 0.25) is 0 Å². The van der Waals surface area contributed by atoms with E-state index in [1.807, 2.05) is 0 Å². The topological polar surface area (TPSA) is 23.6 Å². The Morgan fingerprint density at radius 2 is 2.27 bits per heavy atom. The first kappa shape index (κ1) is 5.34. The van der Waals surface area contributed by atoms with Crippen LogP contribution in [-0.2, 0) is 6.37 Å². The number of amides is 1. The molecule has 22 heavy (non-hydrogen) atoms. The number of fused-ring (bicyclic) bond motifs is 3. The van der Waals surface area contributed by atoms with Crippen molar-refractivity contribution < 1.29 is 24.0 Å². The van der Waals surface area contributed by atoms with Crippen molar-refractivity contribution in [1.82, 2.24) is 9.80 Å². The highest BCUT2D eigenvalue weighted by atomic mass is 16.2. The zero-order chi connectivity index (χ0) is 27.2. The van der Waals surface area contributed by atoms with E-state index in [1.165, 1.54) is 0 Å². The molecule has 0 radical (unpaired) electrons. The van der Waals surface area contributed by atoms with Gasteiger partial charge in [-0.15, -0.1) is 0 Å². The van der Waals surface area contributed by atoms with Crippen LogP contribution in [0.1, 0.15) is 72.2 Å². The van der Waals surface area contributed by atoms with Gasteiger partial charge in [-0.2, -0.15) is 0 Å². The highest BCUT2D eigenvalue weighted by Crippen LogP contribution is 2.41. The molecule has 3 heteroatoms. The van der Waals surface area contributed by atoms with Crippen LogP contribution >= 0.6 is 0 Å². The average Bonchev–Trinajstić information content (AvgIpc) is 2.71. The Kier molecular flexibility index (Phi) is 1.17. The van der Waals surface area contributed by atoms with E-state index in [4.69, 9.17) is 19.2 Å². The van der Waals surface area contributed by atoms with E-state index < -0.39 is 86.1 Å². The molecule has 1 aromatic rings. The highest BCUT2D eigenvalue weighted by molar-refractivity contribution is 5.97. The molecule has 4 atom stereocenters. The molecule has 3 saturated heterocycles. The molecule has 1 unspecified atom stereocenters. The maximum absolute atomic E-state index is 14.0. The highest BCUT2D eigenvalue weighted by Gasteiger charge is 2.43. The standard InChI is InChI=1S/C19H24N2O/c22-19-16-6-2-4-14-3-1-5-15(18(14)16)11-21(19)17-12-20-9-7-13(17)8-10-20/h2,4,6,13,15,17H,1,3,5,7-12H2/t15-,17-/m1/s1/i2D,3D2,4D,6D,7D2,9D2,11D2,12D2,13D/t13-,15+,17+/m0. The van der Waals surface area contributed by atoms with Gasteiger partial charge in [-0.25, -0.2) is 0 Å². The predicted molar refractivity (Wildman–Crippen MR) is 86.1 cm³/mol. The van der Waals surface area contributed by atoms with Crippen molar-refractivity contribution in [3.63, 3.8) is 0 Å². The van der Waals surface area contributed by atoms with Crippen LogP contribution in [0.5, 0.6) is 0 Å². The summed E-state index contributed by atoms with van der Waals surface area (Å²) in [5.74, 6) is -5.23. The van der Waals surface area contributed by atoms with Crippen LogP contribution in [0.4, 0.5) is 0 Å². The molecule has 3 nitrogen and oxygen atoms in total. The van der Waals surface area contributed by atoms with Crippen LogP contribution in [0.15, 0.2) is 18.1 Å². The van der Waals surface area contributed by atoms with Crippen LogP contribution in [0.25, 0.3) is 0 Å². The van der Waals surface area contributed by atoms with E-state index in [-0.39, 0.29) is 30.5 Å². The quantitative estimate of drug-likeness (QED) is 0.796. The number of piperidine rings is 3. The monoisotopic (exact) mass is 310 g/mol. The molecule has 4 aliphatic heterocycles. The van der Waals surface area contributed by atoms with E-state index in [1.54, 1.807) is 0 Å². The molecule has 0 aromatic heterocycles. The Hall–Kier alpha value is -1.35. The van der Waals surface area contributed by atoms with Gasteiger partial charge < -0.3 is 9.80 Å². The number of hydrogen-bond donors (Lipinski definition) is 0. The number of carbonyl (C=O) groups excluding carboxylic acids is 1. The van der Waals surface area contributed by atoms with Crippen molar-refractivity contribution in [3.8, 4) is 0 Å². The van der Waals surface area contributed by atoms with Crippen molar-refractivity contribution in [2.45, 2.75) is 44.0 Å². The minimum Gasteiger partial charge on any atom is -0.333 e. The van der Waals surface area contributed by atoms with Gasteiger partial charge >= 0.3 is 0 Å². The summed E-state index contributed by atoms with van der Waals surface area (Å²) in [6.45, 7) is -8.93. The Bertz CT molecular complexity index is 1200. The first-order valence-electron chi connectivity index (χ1n) is 14.4. The Morgan fingerprint density at radius 3 is 3.23 bits per heavy atom. The second-order valence-corrected chi connectivity index (χ2v) is 5.81. The smallest absolute Gasteiger partial charge is 0.254 e. The van der Waals surface area contributed by atoms with Crippen molar-refractivity contribution in [1.29, 1.82) is 0 Å². The van der Waals surface area contributed by atoms with Crippen molar-refractivity contribution in [2.24, 2.45) is 5.89 Å². The summed E-state index contributed by atoms with van der Waals surface area (Å²) >= 11 is 0. The zero-order valence-electron chi connectivity index (χ0n) is 25.8. The number of rotatable bonds is 1. The van der Waals surface area contributed by atoms with Gasteiger partial charge in [-0.3, -0.25) is 4.79 Å². The van der Waals surface area contributed by atoms with Crippen LogP contribution in [-0.4, -0.2) is 47.8 Å². The number of hydrogen-bond acceptors (Lipinski definition) is 2. The number of benzene rings is 1. The van der Waals surface area contributed by atoms with Gasteiger partial charge in [0, 0.05) is 42.9 Å². The fraction of sp³-hybridized carbons (Fsp3) is 0.632. The molecule has 5 aliphatic rings. The molecule has 0 N–H and O–H groups in total. The lowest BCUT2D eigenvalue weighted by molar-refractivity contribution is 0.00258. The Labute approximate surface area is 152 Å². The summed E-state index contributed by atoms with van der Waals surface area (Å²) in [5.41, 5.74) is -1.10. The minimum atomic E-state index is -3.02. The second-order valence-electron chi connectivity index (χ2n) is 5.81. The number of carbonyl (C=O) groups is 1. The zero-order valence-corrected chi connectivity index (χ0v) is 11.8. The average molecular weight is 310 g/mol. The van der Waals surface area contributed by atoms with E-state index >= 15 is 0 Å². The second kappa shape index (κ2) is 4.82. The molecule has 1 aliphatic carbocycles. The molecule has 116 valence electrons. The molecule has 0 saturated carbocycles. The molecule has 1 amide bonds. The van der Waals surface area contributed by atoms with Gasteiger partial charge in [0.1, 0.15) is 0 Å². The van der Waals surface area contributed by atoms with E-state index in [0.29, 0.717) is 9.80 Å². The first-order chi connectivity index (χ1) is 16.2. The van der Waals surface area contributed by atoms with Crippen LogP contribution in [0, 0.1) is 5.89 Å². The van der Waals surface area contributed by atoms with E-state index in [9.17, 15) is 4.79 Å². The molecule has 4 heterocycles. The lowest BCUT2D eigenvalue weighted by Crippen LogP contribution is -2.60.